The molecule has 5 heteroatoms. The van der Waals surface area contributed by atoms with Crippen LogP contribution in [0.1, 0.15) is 36.2 Å². The molecule has 1 aromatic carbocycles. The zero-order valence-electron chi connectivity index (χ0n) is 14.5. The Bertz CT molecular complexity index is 610. The Morgan fingerprint density at radius 2 is 2.00 bits per heavy atom. The van der Waals surface area contributed by atoms with Crippen LogP contribution in [0.3, 0.4) is 0 Å². The summed E-state index contributed by atoms with van der Waals surface area (Å²) in [6.45, 7) is 3.00. The molecular weight excluding hydrogens is 290 g/mol. The van der Waals surface area contributed by atoms with Crippen molar-refractivity contribution in [2.75, 3.05) is 20.8 Å². The molecule has 0 fully saturated rings. The van der Waals surface area contributed by atoms with Gasteiger partial charge in [-0.15, -0.1) is 0 Å². The lowest BCUT2D eigenvalue weighted by Gasteiger charge is -2.28. The minimum Gasteiger partial charge on any atom is -0.481 e. The summed E-state index contributed by atoms with van der Waals surface area (Å²) in [6.07, 6.45) is 1.57. The molecule has 0 aliphatic heterocycles. The summed E-state index contributed by atoms with van der Waals surface area (Å²) in [4.78, 5) is 2.25. The topological polar surface area (TPSA) is 50.5 Å². The molecule has 2 aromatic rings. The lowest BCUT2D eigenvalue weighted by molar-refractivity contribution is 0.178. The van der Waals surface area contributed by atoms with Crippen LogP contribution in [0.5, 0.6) is 5.88 Å². The summed E-state index contributed by atoms with van der Waals surface area (Å²) in [5.41, 5.74) is 3.40. The molecule has 0 spiro atoms. The predicted molar refractivity (Wildman–Crippen MR) is 91.5 cm³/mol. The molecule has 0 aliphatic rings. The van der Waals surface area contributed by atoms with E-state index in [1.165, 1.54) is 5.56 Å². The largest absolute Gasteiger partial charge is 0.481 e. The smallest absolute Gasteiger partial charge is 0.216 e. The van der Waals surface area contributed by atoms with Crippen LogP contribution in [-0.4, -0.2) is 40.6 Å². The van der Waals surface area contributed by atoms with Crippen LogP contribution < -0.4 is 4.74 Å². The number of aromatic nitrogens is 2. The second kappa shape index (κ2) is 8.13. The molecule has 0 bridgehead atoms. The summed E-state index contributed by atoms with van der Waals surface area (Å²) in [5, 5.41) is 14.0. The van der Waals surface area contributed by atoms with E-state index in [1.807, 2.05) is 25.2 Å². The van der Waals surface area contributed by atoms with Gasteiger partial charge in [-0.05, 0) is 25.5 Å². The molecule has 1 aromatic heterocycles. The third kappa shape index (κ3) is 3.92. The fraction of sp³-hybridized carbons (Fsp3) is 0.500. The molecular formula is C18H27N3O2. The van der Waals surface area contributed by atoms with Crippen molar-refractivity contribution >= 4 is 0 Å². The number of aliphatic hydroxyl groups excluding tert-OH is 1. The Morgan fingerprint density at radius 1 is 1.30 bits per heavy atom. The maximum Gasteiger partial charge on any atom is 0.216 e. The average Bonchev–Trinajstić information content (AvgIpc) is 2.88. The summed E-state index contributed by atoms with van der Waals surface area (Å²) in [6, 6.07) is 10.5. The van der Waals surface area contributed by atoms with Crippen LogP contribution in [0.4, 0.5) is 0 Å². The van der Waals surface area contributed by atoms with Crippen LogP contribution in [0.15, 0.2) is 30.3 Å². The van der Waals surface area contributed by atoms with E-state index in [4.69, 9.17) is 4.74 Å². The number of hydrogen-bond donors (Lipinski definition) is 1. The highest BCUT2D eigenvalue weighted by Gasteiger charge is 2.22. The first-order valence-corrected chi connectivity index (χ1v) is 8.07. The quantitative estimate of drug-likeness (QED) is 0.813. The molecule has 1 unspecified atom stereocenters. The lowest BCUT2D eigenvalue weighted by Crippen LogP contribution is -2.25. The van der Waals surface area contributed by atoms with E-state index in [0.717, 1.165) is 30.1 Å². The number of aliphatic hydroxyl groups is 1. The number of benzene rings is 1. The van der Waals surface area contributed by atoms with Crippen molar-refractivity contribution < 1.29 is 9.84 Å². The van der Waals surface area contributed by atoms with Crippen molar-refractivity contribution in [1.82, 2.24) is 14.7 Å². The highest BCUT2D eigenvalue weighted by atomic mass is 16.5. The number of hydrogen-bond acceptors (Lipinski definition) is 4. The van der Waals surface area contributed by atoms with E-state index >= 15 is 0 Å². The third-order valence-corrected chi connectivity index (χ3v) is 4.23. The van der Waals surface area contributed by atoms with E-state index in [0.29, 0.717) is 6.42 Å². The first-order chi connectivity index (χ1) is 11.1. The third-order valence-electron chi connectivity index (χ3n) is 4.23. The number of rotatable bonds is 8. The maximum absolute atomic E-state index is 9.45. The van der Waals surface area contributed by atoms with Crippen molar-refractivity contribution in [1.29, 1.82) is 0 Å². The van der Waals surface area contributed by atoms with E-state index in [1.54, 1.807) is 11.8 Å². The van der Waals surface area contributed by atoms with Crippen LogP contribution in [-0.2, 0) is 20.0 Å². The van der Waals surface area contributed by atoms with Crippen LogP contribution in [0, 0.1) is 0 Å². The molecule has 2 rings (SSSR count). The second-order valence-electron chi connectivity index (χ2n) is 5.77. The Morgan fingerprint density at radius 3 is 2.57 bits per heavy atom. The molecule has 1 heterocycles. The number of ether oxygens (including phenoxy) is 1. The fourth-order valence-corrected chi connectivity index (χ4v) is 3.10. The SMILES string of the molecule is CCc1nn(C)c(OC)c1CN(C)C(CCO)c1ccccc1. The van der Waals surface area contributed by atoms with Gasteiger partial charge in [0.15, 0.2) is 0 Å². The minimum absolute atomic E-state index is 0.161. The maximum atomic E-state index is 9.45. The van der Waals surface area contributed by atoms with Gasteiger partial charge in [-0.25, -0.2) is 4.68 Å². The van der Waals surface area contributed by atoms with Gasteiger partial charge in [0.05, 0.1) is 18.4 Å². The van der Waals surface area contributed by atoms with Gasteiger partial charge in [0.2, 0.25) is 5.88 Å². The molecule has 23 heavy (non-hydrogen) atoms. The average molecular weight is 317 g/mol. The van der Waals surface area contributed by atoms with E-state index in [2.05, 4.69) is 36.1 Å². The van der Waals surface area contributed by atoms with Crippen molar-refractivity contribution in [2.24, 2.45) is 7.05 Å². The van der Waals surface area contributed by atoms with E-state index in [9.17, 15) is 5.11 Å². The monoisotopic (exact) mass is 317 g/mol. The van der Waals surface area contributed by atoms with E-state index in [-0.39, 0.29) is 12.6 Å². The van der Waals surface area contributed by atoms with Crippen molar-refractivity contribution in [2.45, 2.75) is 32.4 Å². The zero-order chi connectivity index (χ0) is 16.8. The van der Waals surface area contributed by atoms with Crippen molar-refractivity contribution in [3.63, 3.8) is 0 Å². The molecule has 1 N–H and O–H groups in total. The standard InChI is InChI=1S/C18H27N3O2/c1-5-16-15(18(23-4)21(3)19-16)13-20(2)17(11-12-22)14-9-7-6-8-10-14/h6-10,17,22H,5,11-13H2,1-4H3. The summed E-state index contributed by atoms with van der Waals surface area (Å²) < 4.78 is 7.33. The van der Waals surface area contributed by atoms with Gasteiger partial charge in [-0.3, -0.25) is 4.90 Å². The van der Waals surface area contributed by atoms with E-state index < -0.39 is 0 Å². The molecule has 0 saturated heterocycles. The molecule has 1 atom stereocenters. The zero-order valence-corrected chi connectivity index (χ0v) is 14.5. The second-order valence-corrected chi connectivity index (χ2v) is 5.77. The minimum atomic E-state index is 0.161. The van der Waals surface area contributed by atoms with Gasteiger partial charge in [0, 0.05) is 26.2 Å². The summed E-state index contributed by atoms with van der Waals surface area (Å²) in [7, 11) is 5.67. The van der Waals surface area contributed by atoms with Gasteiger partial charge in [0.25, 0.3) is 0 Å². The van der Waals surface area contributed by atoms with Crippen LogP contribution in [0.2, 0.25) is 0 Å². The number of methoxy groups -OCH3 is 1. The highest BCUT2D eigenvalue weighted by molar-refractivity contribution is 5.32. The molecule has 0 saturated carbocycles. The first-order valence-electron chi connectivity index (χ1n) is 8.07. The Hall–Kier alpha value is -1.85. The molecule has 126 valence electrons. The van der Waals surface area contributed by atoms with Crippen molar-refractivity contribution in [3.8, 4) is 5.88 Å². The number of nitrogens with zero attached hydrogens (tertiary/aromatic N) is 3. The van der Waals surface area contributed by atoms with Crippen LogP contribution >= 0.6 is 0 Å². The molecule has 0 aliphatic carbocycles. The Balaban J connectivity index is 2.27. The molecule has 0 radical (unpaired) electrons. The number of aryl methyl sites for hydroxylation is 2. The Labute approximate surface area is 138 Å². The molecule has 0 amide bonds. The molecule has 5 nitrogen and oxygen atoms in total. The summed E-state index contributed by atoms with van der Waals surface area (Å²) in [5.74, 6) is 0.810. The van der Waals surface area contributed by atoms with Crippen LogP contribution in [0.25, 0.3) is 0 Å². The lowest BCUT2D eigenvalue weighted by atomic mass is 10.0. The first kappa shape index (κ1) is 17.5. The normalized spacial score (nSPS) is 12.6. The van der Waals surface area contributed by atoms with Gasteiger partial charge in [-0.1, -0.05) is 37.3 Å². The van der Waals surface area contributed by atoms with Gasteiger partial charge >= 0.3 is 0 Å². The van der Waals surface area contributed by atoms with Gasteiger partial charge in [-0.2, -0.15) is 5.10 Å². The summed E-state index contributed by atoms with van der Waals surface area (Å²) >= 11 is 0. The van der Waals surface area contributed by atoms with Crippen molar-refractivity contribution in [3.05, 3.63) is 47.2 Å². The predicted octanol–water partition coefficient (Wildman–Crippen LogP) is 2.55. The van der Waals surface area contributed by atoms with Gasteiger partial charge in [0.1, 0.15) is 0 Å². The fourth-order valence-electron chi connectivity index (χ4n) is 3.10. The highest BCUT2D eigenvalue weighted by Crippen LogP contribution is 2.29. The van der Waals surface area contributed by atoms with Gasteiger partial charge < -0.3 is 9.84 Å². The Kier molecular flexibility index (Phi) is 6.19.